The lowest BCUT2D eigenvalue weighted by atomic mass is 10.1. The monoisotopic (exact) mass is 298 g/mol. The molecule has 0 radical (unpaired) electrons. The van der Waals surface area contributed by atoms with E-state index < -0.39 is 4.92 Å². The first kappa shape index (κ1) is 14.0. The number of nitrogens with two attached hydrogens (primary N) is 1. The third-order valence-corrected chi connectivity index (χ3v) is 3.26. The van der Waals surface area contributed by atoms with Gasteiger partial charge in [0, 0.05) is 12.1 Å². The molecule has 22 heavy (non-hydrogen) atoms. The molecule has 112 valence electrons. The maximum absolute atomic E-state index is 11.0. The standard InChI is InChI=1S/C15H14N4O3/c16-18-9-8-17-15(18)13-10-11(19(20)21)6-7-14(13)22-12-4-2-1-3-5-12/h1-7,10H,8-9,16H2. The van der Waals surface area contributed by atoms with Crippen molar-refractivity contribution < 1.29 is 9.66 Å². The molecule has 0 aromatic heterocycles. The minimum atomic E-state index is -0.452. The maximum Gasteiger partial charge on any atom is 0.270 e. The van der Waals surface area contributed by atoms with E-state index in [4.69, 9.17) is 10.6 Å². The average Bonchev–Trinajstić information content (AvgIpc) is 2.94. The lowest BCUT2D eigenvalue weighted by Gasteiger charge is -2.16. The zero-order chi connectivity index (χ0) is 15.5. The van der Waals surface area contributed by atoms with E-state index in [1.54, 1.807) is 6.07 Å². The van der Waals surface area contributed by atoms with Gasteiger partial charge in [-0.15, -0.1) is 0 Å². The molecular weight excluding hydrogens is 284 g/mol. The summed E-state index contributed by atoms with van der Waals surface area (Å²) in [5, 5.41) is 12.5. The van der Waals surface area contributed by atoms with Crippen LogP contribution in [0.15, 0.2) is 53.5 Å². The highest BCUT2D eigenvalue weighted by Gasteiger charge is 2.22. The Hall–Kier alpha value is -2.93. The molecule has 0 bridgehead atoms. The molecule has 0 atom stereocenters. The van der Waals surface area contributed by atoms with Crippen LogP contribution >= 0.6 is 0 Å². The van der Waals surface area contributed by atoms with Gasteiger partial charge in [0.25, 0.3) is 5.69 Å². The summed E-state index contributed by atoms with van der Waals surface area (Å²) in [6.45, 7) is 1.13. The molecule has 1 aliphatic rings. The molecule has 0 saturated carbocycles. The van der Waals surface area contributed by atoms with Crippen molar-refractivity contribution in [2.75, 3.05) is 13.1 Å². The molecule has 0 amide bonds. The minimum absolute atomic E-state index is 0.0292. The lowest BCUT2D eigenvalue weighted by molar-refractivity contribution is -0.384. The van der Waals surface area contributed by atoms with Crippen LogP contribution in [0.1, 0.15) is 5.56 Å². The second-order valence-electron chi connectivity index (χ2n) is 4.75. The van der Waals surface area contributed by atoms with Gasteiger partial charge in [0.2, 0.25) is 0 Å². The number of non-ortho nitro benzene ring substituents is 1. The van der Waals surface area contributed by atoms with Crippen LogP contribution in [0.2, 0.25) is 0 Å². The van der Waals surface area contributed by atoms with Gasteiger partial charge >= 0.3 is 0 Å². The fraction of sp³-hybridized carbons (Fsp3) is 0.133. The minimum Gasteiger partial charge on any atom is -0.457 e. The topological polar surface area (TPSA) is 94.0 Å². The Kier molecular flexibility index (Phi) is 3.71. The summed E-state index contributed by atoms with van der Waals surface area (Å²) >= 11 is 0. The molecule has 1 aliphatic heterocycles. The summed E-state index contributed by atoms with van der Waals surface area (Å²) in [7, 11) is 0. The second kappa shape index (κ2) is 5.82. The number of hydrogen-bond donors (Lipinski definition) is 1. The molecule has 1 heterocycles. The Labute approximate surface area is 126 Å². The van der Waals surface area contributed by atoms with Gasteiger partial charge in [-0.3, -0.25) is 20.1 Å². The number of hydrazine groups is 1. The van der Waals surface area contributed by atoms with Crippen molar-refractivity contribution >= 4 is 11.5 Å². The van der Waals surface area contributed by atoms with Crippen LogP contribution in [-0.2, 0) is 0 Å². The van der Waals surface area contributed by atoms with E-state index in [0.29, 0.717) is 36.0 Å². The fourth-order valence-electron chi connectivity index (χ4n) is 2.21. The number of para-hydroxylation sites is 1. The predicted molar refractivity (Wildman–Crippen MR) is 81.9 cm³/mol. The molecule has 7 heteroatoms. The molecule has 0 aliphatic carbocycles. The van der Waals surface area contributed by atoms with Crippen LogP contribution in [0.5, 0.6) is 11.5 Å². The zero-order valence-electron chi connectivity index (χ0n) is 11.7. The molecule has 0 fully saturated rings. The Morgan fingerprint density at radius 2 is 2.00 bits per heavy atom. The highest BCUT2D eigenvalue weighted by atomic mass is 16.6. The maximum atomic E-state index is 11.0. The van der Waals surface area contributed by atoms with Crippen molar-refractivity contribution in [3.8, 4) is 11.5 Å². The van der Waals surface area contributed by atoms with E-state index in [1.807, 2.05) is 30.3 Å². The molecule has 3 rings (SSSR count). The van der Waals surface area contributed by atoms with Crippen molar-refractivity contribution in [2.24, 2.45) is 10.8 Å². The van der Waals surface area contributed by atoms with Crippen molar-refractivity contribution in [3.05, 3.63) is 64.2 Å². The van der Waals surface area contributed by atoms with Crippen LogP contribution in [0.4, 0.5) is 5.69 Å². The average molecular weight is 298 g/mol. The number of ether oxygens (including phenoxy) is 1. The van der Waals surface area contributed by atoms with Gasteiger partial charge in [0.05, 0.1) is 23.6 Å². The largest absolute Gasteiger partial charge is 0.457 e. The number of amidine groups is 1. The highest BCUT2D eigenvalue weighted by Crippen LogP contribution is 2.30. The molecule has 0 saturated heterocycles. The number of benzene rings is 2. The summed E-state index contributed by atoms with van der Waals surface area (Å²) in [5.74, 6) is 7.49. The fourth-order valence-corrected chi connectivity index (χ4v) is 2.21. The van der Waals surface area contributed by atoms with Crippen LogP contribution in [0.25, 0.3) is 0 Å². The summed E-state index contributed by atoms with van der Waals surface area (Å²) in [4.78, 5) is 14.9. The Morgan fingerprint density at radius 1 is 1.23 bits per heavy atom. The van der Waals surface area contributed by atoms with Crippen molar-refractivity contribution in [3.63, 3.8) is 0 Å². The van der Waals surface area contributed by atoms with Crippen LogP contribution in [0.3, 0.4) is 0 Å². The quantitative estimate of drug-likeness (QED) is 0.531. The molecule has 0 spiro atoms. The Bertz CT molecular complexity index is 731. The van der Waals surface area contributed by atoms with E-state index in [9.17, 15) is 10.1 Å². The number of nitro groups is 1. The number of nitro benzene ring substituents is 1. The van der Waals surface area contributed by atoms with Gasteiger partial charge in [0.1, 0.15) is 17.3 Å². The van der Waals surface area contributed by atoms with Gasteiger partial charge in [-0.1, -0.05) is 18.2 Å². The van der Waals surface area contributed by atoms with E-state index >= 15 is 0 Å². The first-order valence-corrected chi connectivity index (χ1v) is 6.73. The Morgan fingerprint density at radius 3 is 2.64 bits per heavy atom. The molecule has 7 nitrogen and oxygen atoms in total. The lowest BCUT2D eigenvalue weighted by Crippen LogP contribution is -2.35. The van der Waals surface area contributed by atoms with E-state index in [2.05, 4.69) is 4.99 Å². The van der Waals surface area contributed by atoms with Gasteiger partial charge in [-0.2, -0.15) is 0 Å². The molecule has 2 aromatic carbocycles. The third kappa shape index (κ3) is 2.75. The van der Waals surface area contributed by atoms with Gasteiger partial charge < -0.3 is 4.74 Å². The molecular formula is C15H14N4O3. The summed E-state index contributed by atoms with van der Waals surface area (Å²) < 4.78 is 5.82. The SMILES string of the molecule is NN1CCN=C1c1cc([N+](=O)[O-])ccc1Oc1ccccc1. The number of rotatable bonds is 4. The van der Waals surface area contributed by atoms with E-state index in [1.165, 1.54) is 17.1 Å². The van der Waals surface area contributed by atoms with Gasteiger partial charge in [-0.05, 0) is 18.2 Å². The van der Waals surface area contributed by atoms with Crippen LogP contribution in [0, 0.1) is 10.1 Å². The summed E-state index contributed by atoms with van der Waals surface area (Å²) in [6, 6.07) is 13.6. The third-order valence-electron chi connectivity index (χ3n) is 3.26. The Balaban J connectivity index is 2.03. The molecule has 0 unspecified atom stereocenters. The first-order valence-electron chi connectivity index (χ1n) is 6.73. The highest BCUT2D eigenvalue weighted by molar-refractivity contribution is 6.02. The van der Waals surface area contributed by atoms with E-state index in [-0.39, 0.29) is 5.69 Å². The number of aliphatic imine (C=N–C) groups is 1. The van der Waals surface area contributed by atoms with Crippen molar-refractivity contribution in [1.29, 1.82) is 0 Å². The normalized spacial score (nSPS) is 13.9. The first-order chi connectivity index (χ1) is 10.6. The predicted octanol–water partition coefficient (Wildman–Crippen LogP) is 2.32. The number of hydrogen-bond acceptors (Lipinski definition) is 6. The summed E-state index contributed by atoms with van der Waals surface area (Å²) in [5.41, 5.74) is 0.483. The molecule has 2 aromatic rings. The van der Waals surface area contributed by atoms with Crippen molar-refractivity contribution in [1.82, 2.24) is 5.01 Å². The zero-order valence-corrected chi connectivity index (χ0v) is 11.7. The number of nitrogens with zero attached hydrogens (tertiary/aromatic N) is 3. The van der Waals surface area contributed by atoms with Gasteiger partial charge in [0.15, 0.2) is 0 Å². The smallest absolute Gasteiger partial charge is 0.270 e. The molecule has 2 N–H and O–H groups in total. The summed E-state index contributed by atoms with van der Waals surface area (Å²) in [6.07, 6.45) is 0. The van der Waals surface area contributed by atoms with E-state index in [0.717, 1.165) is 0 Å². The van der Waals surface area contributed by atoms with Crippen LogP contribution < -0.4 is 10.6 Å². The second-order valence-corrected chi connectivity index (χ2v) is 4.75. The van der Waals surface area contributed by atoms with Crippen molar-refractivity contribution in [2.45, 2.75) is 0 Å². The van der Waals surface area contributed by atoms with Gasteiger partial charge in [-0.25, -0.2) is 5.84 Å². The van der Waals surface area contributed by atoms with Crippen LogP contribution in [-0.4, -0.2) is 28.9 Å².